The van der Waals surface area contributed by atoms with Gasteiger partial charge in [-0.3, -0.25) is 38.9 Å². The van der Waals surface area contributed by atoms with Crippen molar-refractivity contribution in [3.05, 3.63) is 89.5 Å². The summed E-state index contributed by atoms with van der Waals surface area (Å²) in [6, 6.07) is 25.3. The Morgan fingerprint density at radius 2 is 0.679 bits per heavy atom. The summed E-state index contributed by atoms with van der Waals surface area (Å²) in [5.41, 5.74) is 7.54. The maximum atomic E-state index is 14.0. The number of anilines is 3. The van der Waals surface area contributed by atoms with Crippen LogP contribution in [0.5, 0.6) is 0 Å². The number of guanidine groups is 2. The van der Waals surface area contributed by atoms with Gasteiger partial charge in [0.2, 0.25) is 17.7 Å². The number of aliphatic hydroxyl groups is 6. The van der Waals surface area contributed by atoms with Gasteiger partial charge in [0, 0.05) is 156 Å². The topological polar surface area (TPSA) is 348 Å². The molecular formula is C104H174N18O12. The highest BCUT2D eigenvalue weighted by molar-refractivity contribution is 5.85. The van der Waals surface area contributed by atoms with Gasteiger partial charge in [-0.15, -0.1) is 0 Å². The number of aliphatic hydroxyl groups excluding tert-OH is 6. The second-order valence-electron chi connectivity index (χ2n) is 45.0. The number of nitrogens with zero attached hydrogens (tertiary/aromatic N) is 12. The second-order valence-corrected chi connectivity index (χ2v) is 45.0. The first kappa shape index (κ1) is 106. The number of carbonyl (C=O) groups excluding carboxylic acids is 3. The van der Waals surface area contributed by atoms with Crippen molar-refractivity contribution in [1.82, 2.24) is 56.9 Å². The lowest BCUT2D eigenvalue weighted by molar-refractivity contribution is -0.183. The molecule has 18 rings (SSSR count). The van der Waals surface area contributed by atoms with Crippen LogP contribution in [0.2, 0.25) is 0 Å². The Morgan fingerprint density at radius 1 is 0.403 bits per heavy atom. The number of nitrogens with one attached hydrogen (secondary N) is 6. The summed E-state index contributed by atoms with van der Waals surface area (Å²) in [6.07, 6.45) is 2.41. The number of hydroxylamine groups is 6. The van der Waals surface area contributed by atoms with Gasteiger partial charge in [0.1, 0.15) is 36.4 Å². The lowest BCUT2D eigenvalue weighted by Crippen LogP contribution is -2.62. The SMILES string of the molecule is CC(C)N=C(NC(C)C)N1CCN(c2cccc(CN3O[C@@H](CO)[C@@H]([C@H](C)O)[C@H]3C(=O)NC3C[C@H]4C[C@@H]([C@@H]3C)C4(C)C)c2)CC1.CC(C)N=C(NC(C)C)N1CCN(c2cccc(CN3O[C@@H](CO)[C@@H]([C@H](C)O)[C@H]3C(=O)NC3C[C@H]4C[C@@H]([C@@H]3C)C4(C)C)c2)CC1.CC(C)N=NC(C)C.C[C@@H]1C(NC(=O)[C@@H]2C([C@H](C)O)[C@H](CO)ON2Cc2cccc(N3CCNCC3)c2)C[C@H]2CC1C2(C)C. The van der Waals surface area contributed by atoms with Gasteiger partial charge in [-0.2, -0.15) is 25.4 Å². The van der Waals surface area contributed by atoms with Gasteiger partial charge >= 0.3 is 0 Å². The molecule has 30 nitrogen and oxygen atoms in total. The fourth-order valence-electron chi connectivity index (χ4n) is 24.5. The van der Waals surface area contributed by atoms with Gasteiger partial charge in [-0.25, -0.2) is 0 Å². The number of amides is 3. The summed E-state index contributed by atoms with van der Waals surface area (Å²) in [4.78, 5) is 81.8. The number of hydrogen-bond acceptors (Lipinski definition) is 23. The van der Waals surface area contributed by atoms with Gasteiger partial charge < -0.3 is 87.0 Å². The molecule has 9 saturated carbocycles. The molecule has 9 aliphatic carbocycles. The normalized spacial score (nSPS) is 32.5. The molecule has 3 amide bonds. The molecule has 6 aliphatic heterocycles. The molecule has 15 aliphatic rings. The van der Waals surface area contributed by atoms with Crippen molar-refractivity contribution >= 4 is 46.7 Å². The van der Waals surface area contributed by atoms with Crippen molar-refractivity contribution in [2.45, 2.75) is 333 Å². The molecule has 3 aromatic carbocycles. The quantitative estimate of drug-likeness (QED) is 0.0192. The molecule has 3 aromatic rings. The summed E-state index contributed by atoms with van der Waals surface area (Å²) >= 11 is 0. The Bertz CT molecular complexity index is 4160. The molecule has 5 unspecified atom stereocenters. The number of piperazine rings is 3. The Balaban J connectivity index is 0.000000175. The Morgan fingerprint density at radius 3 is 0.910 bits per heavy atom. The minimum Gasteiger partial charge on any atom is -0.394 e. The molecule has 30 heteroatoms. The maximum absolute atomic E-state index is 14.0. The first-order valence-electron chi connectivity index (χ1n) is 51.3. The first-order chi connectivity index (χ1) is 63.4. The highest BCUT2D eigenvalue weighted by atomic mass is 16.7. The smallest absolute Gasteiger partial charge is 0.240 e. The average Bonchev–Trinajstić information content (AvgIpc) is 0.843. The summed E-state index contributed by atoms with van der Waals surface area (Å²) in [5, 5.41) is 96.1. The zero-order valence-electron chi connectivity index (χ0n) is 85.7. The van der Waals surface area contributed by atoms with Crippen LogP contribution >= 0.6 is 0 Å². The molecule has 6 saturated heterocycles. The Labute approximate surface area is 802 Å². The third kappa shape index (κ3) is 24.9. The fraction of sp³-hybridized carbons (Fsp3) is 0.779. The average molecular weight is 1870 g/mol. The zero-order valence-corrected chi connectivity index (χ0v) is 85.7. The van der Waals surface area contributed by atoms with Crippen LogP contribution < -0.4 is 46.6 Å². The van der Waals surface area contributed by atoms with Crippen LogP contribution in [0, 0.1) is 87.3 Å². The van der Waals surface area contributed by atoms with Gasteiger partial charge in [-0.05, 0) is 265 Å². The summed E-state index contributed by atoms with van der Waals surface area (Å²) in [7, 11) is 0. The number of rotatable bonds is 27. The van der Waals surface area contributed by atoms with E-state index in [1.807, 2.05) is 39.8 Å². The molecule has 6 bridgehead atoms. The maximum Gasteiger partial charge on any atom is 0.240 e. The van der Waals surface area contributed by atoms with Crippen LogP contribution in [0.25, 0.3) is 0 Å². The second kappa shape index (κ2) is 46.0. The summed E-state index contributed by atoms with van der Waals surface area (Å²) < 4.78 is 0. The fourth-order valence-corrected chi connectivity index (χ4v) is 24.5. The van der Waals surface area contributed by atoms with E-state index in [0.717, 1.165) is 143 Å². The zero-order chi connectivity index (χ0) is 97.4. The number of carbonyl (C=O) groups is 3. The molecule has 12 N–H and O–H groups in total. The number of azo groups is 1. The predicted octanol–water partition coefficient (Wildman–Crippen LogP) is 10.5. The monoisotopic (exact) mass is 1870 g/mol. The standard InChI is InChI=1S/2C35H58N6O4.C28H44N4O4.C6H14N2/c2*1-21(2)36-34(37-22(3)4)40-14-12-39(13-15-40)27-11-9-10-25(16-27)19-41-32(31(24(6)43)30(20-42)45-41)33(44)38-29-18-26-17-28(23(29)5)35(26,7)8;1-17-22-13-20(28(22,3)4)14-23(17)30-27(35)26-25(18(2)34)24(16-33)36-32(26)15-19-6-5-7-21(12-19)31-10-8-29-9-11-31;1-5(2)7-8-6(3)4/h2*9-11,16,21-24,26,28-32,42-43H,12-15,17-20H2,1-8H3,(H,36,37)(H,38,44);5-7,12,17-18,20,22-26,29,33-34H,8-11,13-16H2,1-4H3,(H,30,35);5-6H,1-4H3/t2*23-,24-,26+,28-,29?,30-,31+,32-;17-,18-,20+,22?,23?,24-,25?,26-;/m000./s1. The number of aliphatic imine (C=N–C) groups is 2. The highest BCUT2D eigenvalue weighted by Crippen LogP contribution is 2.64. The van der Waals surface area contributed by atoms with E-state index in [0.29, 0.717) is 113 Å². The Kier molecular flexibility index (Phi) is 36.4. The van der Waals surface area contributed by atoms with Crippen LogP contribution in [-0.4, -0.2) is 293 Å². The van der Waals surface area contributed by atoms with E-state index in [4.69, 9.17) is 24.5 Å². The molecule has 6 heterocycles. The van der Waals surface area contributed by atoms with Gasteiger partial charge in [0.15, 0.2) is 11.9 Å². The Hall–Kier alpha value is -6.91. The van der Waals surface area contributed by atoms with Gasteiger partial charge in [0.05, 0.1) is 69.9 Å². The minimum atomic E-state index is -0.809. The minimum absolute atomic E-state index is 0.105. The van der Waals surface area contributed by atoms with E-state index in [1.54, 1.807) is 36.0 Å². The number of hydrogen-bond donors (Lipinski definition) is 12. The highest BCUT2D eigenvalue weighted by Gasteiger charge is 2.61. The van der Waals surface area contributed by atoms with E-state index in [1.165, 1.54) is 19.3 Å². The molecule has 134 heavy (non-hydrogen) atoms. The third-order valence-corrected chi connectivity index (χ3v) is 32.4. The molecule has 0 aromatic heterocycles. The largest absolute Gasteiger partial charge is 0.394 e. The van der Waals surface area contributed by atoms with Crippen LogP contribution in [0.15, 0.2) is 93.0 Å². The molecule has 15 fully saturated rings. The van der Waals surface area contributed by atoms with Crippen LogP contribution in [0.4, 0.5) is 17.1 Å². The molecular weight excluding hydrogens is 1690 g/mol. The number of benzene rings is 3. The molecule has 752 valence electrons. The van der Waals surface area contributed by atoms with Crippen molar-refractivity contribution in [2.75, 3.05) is 113 Å². The van der Waals surface area contributed by atoms with Crippen LogP contribution in [-0.2, 0) is 48.5 Å². The van der Waals surface area contributed by atoms with Gasteiger partial charge in [-0.1, -0.05) is 98.7 Å². The summed E-state index contributed by atoms with van der Waals surface area (Å²) in [5.74, 6) is 5.00. The molecule has 0 radical (unpaired) electrons. The lowest BCUT2D eigenvalue weighted by atomic mass is 9.45. The van der Waals surface area contributed by atoms with E-state index in [9.17, 15) is 45.0 Å². The van der Waals surface area contributed by atoms with E-state index in [-0.39, 0.29) is 67.8 Å². The van der Waals surface area contributed by atoms with Crippen LogP contribution in [0.3, 0.4) is 0 Å². The van der Waals surface area contributed by atoms with Crippen molar-refractivity contribution in [1.29, 1.82) is 0 Å². The predicted molar refractivity (Wildman–Crippen MR) is 531 cm³/mol. The van der Waals surface area contributed by atoms with E-state index < -0.39 is 72.5 Å². The van der Waals surface area contributed by atoms with E-state index >= 15 is 0 Å². The van der Waals surface area contributed by atoms with Crippen molar-refractivity contribution in [2.24, 2.45) is 107 Å². The van der Waals surface area contributed by atoms with Crippen molar-refractivity contribution in [3.8, 4) is 0 Å². The lowest BCUT2D eigenvalue weighted by Gasteiger charge is -2.62. The first-order valence-corrected chi connectivity index (χ1v) is 51.3. The van der Waals surface area contributed by atoms with Crippen LogP contribution in [0.1, 0.15) is 221 Å². The third-order valence-electron chi connectivity index (χ3n) is 32.4. The molecule has 0 spiro atoms. The van der Waals surface area contributed by atoms with Crippen molar-refractivity contribution < 1.29 is 59.5 Å². The van der Waals surface area contributed by atoms with E-state index in [2.05, 4.69) is 245 Å². The number of fused-ring (bicyclic) bond motifs is 6. The summed E-state index contributed by atoms with van der Waals surface area (Å²) in [6.45, 7) is 62.4. The molecule has 24 atom stereocenters. The van der Waals surface area contributed by atoms with Gasteiger partial charge in [0.25, 0.3) is 0 Å². The van der Waals surface area contributed by atoms with Crippen molar-refractivity contribution in [3.63, 3.8) is 0 Å².